The lowest BCUT2D eigenvalue weighted by molar-refractivity contribution is -0.138. The number of carbonyl (C=O) groups is 1. The van der Waals surface area contributed by atoms with Crippen molar-refractivity contribution in [3.05, 3.63) is 29.3 Å². The first-order valence-corrected chi connectivity index (χ1v) is 5.06. The van der Waals surface area contributed by atoms with E-state index in [4.69, 9.17) is 9.84 Å². The van der Waals surface area contributed by atoms with Gasteiger partial charge in [-0.2, -0.15) is 0 Å². The predicted octanol–water partition coefficient (Wildman–Crippen LogP) is 1.88. The van der Waals surface area contributed by atoms with E-state index < -0.39 is 5.97 Å². The van der Waals surface area contributed by atoms with Gasteiger partial charge in [-0.1, -0.05) is 6.07 Å². The molecule has 0 aliphatic heterocycles. The lowest BCUT2D eigenvalue weighted by atomic mass is 10.0. The zero-order chi connectivity index (χ0) is 10.8. The molecule has 15 heavy (non-hydrogen) atoms. The predicted molar refractivity (Wildman–Crippen MR) is 56.1 cm³/mol. The van der Waals surface area contributed by atoms with Crippen LogP contribution >= 0.6 is 0 Å². The number of benzene rings is 1. The smallest absolute Gasteiger partial charge is 0.303 e. The van der Waals surface area contributed by atoms with E-state index in [0.29, 0.717) is 0 Å². The van der Waals surface area contributed by atoms with E-state index in [0.717, 1.165) is 18.6 Å². The molecule has 1 aliphatic rings. The Hall–Kier alpha value is -1.51. The van der Waals surface area contributed by atoms with Crippen molar-refractivity contribution in [1.29, 1.82) is 0 Å². The molecule has 0 saturated carbocycles. The van der Waals surface area contributed by atoms with E-state index in [1.807, 2.05) is 18.2 Å². The van der Waals surface area contributed by atoms with Gasteiger partial charge in [-0.25, -0.2) is 0 Å². The number of ether oxygens (including phenoxy) is 1. The molecule has 3 nitrogen and oxygen atoms in total. The summed E-state index contributed by atoms with van der Waals surface area (Å²) >= 11 is 0. The fourth-order valence-corrected chi connectivity index (χ4v) is 2.20. The summed E-state index contributed by atoms with van der Waals surface area (Å²) in [7, 11) is 1.64. The monoisotopic (exact) mass is 206 g/mol. The number of carboxylic acids is 1. The van der Waals surface area contributed by atoms with E-state index >= 15 is 0 Å². The standard InChI is InChI=1S/C12H14O3/c1-15-11-3-2-9-4-8(6-12(13)14)5-10(9)7-11/h2-3,7-8H,4-6H2,1H3,(H,13,14)/t8-/m0/s1. The van der Waals surface area contributed by atoms with E-state index in [2.05, 4.69) is 0 Å². The highest BCUT2D eigenvalue weighted by atomic mass is 16.5. The maximum absolute atomic E-state index is 10.6. The molecule has 1 aliphatic carbocycles. The molecule has 0 radical (unpaired) electrons. The third kappa shape index (κ3) is 2.12. The Morgan fingerprint density at radius 2 is 2.20 bits per heavy atom. The molecule has 1 N–H and O–H groups in total. The quantitative estimate of drug-likeness (QED) is 0.821. The molecule has 1 aromatic rings. The first-order chi connectivity index (χ1) is 7.19. The highest BCUT2D eigenvalue weighted by molar-refractivity contribution is 5.67. The largest absolute Gasteiger partial charge is 0.497 e. The van der Waals surface area contributed by atoms with Crippen LogP contribution < -0.4 is 4.74 Å². The number of methoxy groups -OCH3 is 1. The number of rotatable bonds is 3. The average Bonchev–Trinajstić information content (AvgIpc) is 2.57. The summed E-state index contributed by atoms with van der Waals surface area (Å²) in [5.41, 5.74) is 2.50. The maximum atomic E-state index is 10.6. The Morgan fingerprint density at radius 1 is 1.47 bits per heavy atom. The van der Waals surface area contributed by atoms with Gasteiger partial charge in [-0.3, -0.25) is 4.79 Å². The Labute approximate surface area is 88.7 Å². The second-order valence-corrected chi connectivity index (χ2v) is 4.01. The van der Waals surface area contributed by atoms with Crippen molar-refractivity contribution in [2.24, 2.45) is 5.92 Å². The minimum atomic E-state index is -0.709. The zero-order valence-corrected chi connectivity index (χ0v) is 8.69. The van der Waals surface area contributed by atoms with Crippen molar-refractivity contribution in [2.45, 2.75) is 19.3 Å². The zero-order valence-electron chi connectivity index (χ0n) is 8.69. The molecule has 0 amide bonds. The summed E-state index contributed by atoms with van der Waals surface area (Å²) in [6.45, 7) is 0. The van der Waals surface area contributed by atoms with Crippen LogP contribution in [0.2, 0.25) is 0 Å². The fraction of sp³-hybridized carbons (Fsp3) is 0.417. The first-order valence-electron chi connectivity index (χ1n) is 5.06. The molecule has 0 unspecified atom stereocenters. The number of carboxylic acid groups (broad SMARTS) is 1. The molecular formula is C12H14O3. The van der Waals surface area contributed by atoms with Crippen molar-refractivity contribution < 1.29 is 14.6 Å². The second-order valence-electron chi connectivity index (χ2n) is 4.01. The van der Waals surface area contributed by atoms with Crippen molar-refractivity contribution in [3.8, 4) is 5.75 Å². The van der Waals surface area contributed by atoms with Crippen LogP contribution in [0, 0.1) is 5.92 Å². The van der Waals surface area contributed by atoms with E-state index in [-0.39, 0.29) is 12.3 Å². The Kier molecular flexibility index (Phi) is 2.62. The summed E-state index contributed by atoms with van der Waals surface area (Å²) in [4.78, 5) is 10.6. The number of aliphatic carboxylic acids is 1. The Balaban J connectivity index is 2.13. The number of fused-ring (bicyclic) bond motifs is 1. The molecule has 0 heterocycles. The molecule has 3 heteroatoms. The van der Waals surface area contributed by atoms with Crippen LogP contribution in [0.5, 0.6) is 5.75 Å². The molecule has 80 valence electrons. The summed E-state index contributed by atoms with van der Waals surface area (Å²) in [5.74, 6) is 0.397. The average molecular weight is 206 g/mol. The molecule has 0 aromatic heterocycles. The van der Waals surface area contributed by atoms with Crippen LogP contribution in [0.25, 0.3) is 0 Å². The first kappa shape index (κ1) is 10.0. The molecule has 0 fully saturated rings. The van der Waals surface area contributed by atoms with Gasteiger partial charge in [0.1, 0.15) is 5.75 Å². The van der Waals surface area contributed by atoms with Crippen LogP contribution in [0.4, 0.5) is 0 Å². The summed E-state index contributed by atoms with van der Waals surface area (Å²) in [5, 5.41) is 8.73. The molecular weight excluding hydrogens is 192 g/mol. The lowest BCUT2D eigenvalue weighted by Crippen LogP contribution is -2.07. The summed E-state index contributed by atoms with van der Waals surface area (Å²) in [6.07, 6.45) is 2.00. The van der Waals surface area contributed by atoms with E-state index in [1.165, 1.54) is 11.1 Å². The third-order valence-electron chi connectivity index (χ3n) is 2.89. The van der Waals surface area contributed by atoms with Crippen molar-refractivity contribution >= 4 is 5.97 Å². The van der Waals surface area contributed by atoms with E-state index in [9.17, 15) is 4.79 Å². The van der Waals surface area contributed by atoms with Crippen LogP contribution in [-0.2, 0) is 17.6 Å². The number of hydrogen-bond acceptors (Lipinski definition) is 2. The highest BCUT2D eigenvalue weighted by Gasteiger charge is 2.23. The van der Waals surface area contributed by atoms with Gasteiger partial charge >= 0.3 is 5.97 Å². The SMILES string of the molecule is COc1ccc2c(c1)C[C@@H](CC(=O)O)C2. The van der Waals surface area contributed by atoms with Gasteiger partial charge in [0.15, 0.2) is 0 Å². The second kappa shape index (κ2) is 3.93. The van der Waals surface area contributed by atoms with Gasteiger partial charge in [0, 0.05) is 6.42 Å². The molecule has 0 bridgehead atoms. The van der Waals surface area contributed by atoms with Crippen molar-refractivity contribution in [2.75, 3.05) is 7.11 Å². The summed E-state index contributed by atoms with van der Waals surface area (Å²) < 4.78 is 5.14. The van der Waals surface area contributed by atoms with Gasteiger partial charge < -0.3 is 9.84 Å². The molecule has 1 aromatic carbocycles. The lowest BCUT2D eigenvalue weighted by Gasteiger charge is -2.03. The van der Waals surface area contributed by atoms with Gasteiger partial charge in [-0.15, -0.1) is 0 Å². The minimum Gasteiger partial charge on any atom is -0.497 e. The normalized spacial score (nSPS) is 18.6. The molecule has 0 saturated heterocycles. The van der Waals surface area contributed by atoms with Crippen molar-refractivity contribution in [3.63, 3.8) is 0 Å². The Morgan fingerprint density at radius 3 is 2.87 bits per heavy atom. The van der Waals surface area contributed by atoms with Gasteiger partial charge in [0.25, 0.3) is 0 Å². The Bertz CT molecular complexity index is 384. The van der Waals surface area contributed by atoms with Crippen LogP contribution in [0.3, 0.4) is 0 Å². The third-order valence-corrected chi connectivity index (χ3v) is 2.89. The molecule has 0 spiro atoms. The van der Waals surface area contributed by atoms with Crippen LogP contribution in [0.15, 0.2) is 18.2 Å². The van der Waals surface area contributed by atoms with Gasteiger partial charge in [-0.05, 0) is 42.0 Å². The topological polar surface area (TPSA) is 46.5 Å². The maximum Gasteiger partial charge on any atom is 0.303 e. The van der Waals surface area contributed by atoms with Gasteiger partial charge in [0.05, 0.1) is 7.11 Å². The summed E-state index contributed by atoms with van der Waals surface area (Å²) in [6, 6.07) is 5.98. The van der Waals surface area contributed by atoms with Crippen LogP contribution in [0.1, 0.15) is 17.5 Å². The van der Waals surface area contributed by atoms with E-state index in [1.54, 1.807) is 7.11 Å². The van der Waals surface area contributed by atoms with Crippen molar-refractivity contribution in [1.82, 2.24) is 0 Å². The van der Waals surface area contributed by atoms with Gasteiger partial charge in [0.2, 0.25) is 0 Å². The minimum absolute atomic E-state index is 0.254. The fourth-order valence-electron chi connectivity index (χ4n) is 2.20. The number of hydrogen-bond donors (Lipinski definition) is 1. The molecule has 2 rings (SSSR count). The highest BCUT2D eigenvalue weighted by Crippen LogP contribution is 2.31. The van der Waals surface area contributed by atoms with Crippen LogP contribution in [-0.4, -0.2) is 18.2 Å². The molecule has 1 atom stereocenters.